The van der Waals surface area contributed by atoms with Gasteiger partial charge in [0.2, 0.25) is 0 Å². The number of carbonyl (C=O) groups is 1. The zero-order chi connectivity index (χ0) is 19.6. The Labute approximate surface area is 169 Å². The molecule has 0 saturated heterocycles. The molecule has 0 spiro atoms. The minimum Gasteiger partial charge on any atom is -0.493 e. The number of methoxy groups -OCH3 is 1. The number of benzene rings is 2. The summed E-state index contributed by atoms with van der Waals surface area (Å²) in [5.41, 5.74) is 0. The van der Waals surface area contributed by atoms with Crippen LogP contribution in [0.4, 0.5) is 0 Å². The molecule has 1 heterocycles. The van der Waals surface area contributed by atoms with E-state index in [1.807, 2.05) is 42.5 Å². The van der Waals surface area contributed by atoms with Crippen LogP contribution in [-0.2, 0) is 6.61 Å². The standard InChI is InChI=1S/C22H23NO4S/c1-25-19-10-5-6-11-20(19)26-16-17-12-13-21(27-17)22(24)23-14-7-15-28-18-8-3-2-4-9-18/h2-6,8-13H,7,14-16H2,1H3,(H,23,24). The third-order valence-corrected chi connectivity index (χ3v) is 5.04. The third-order valence-electron chi connectivity index (χ3n) is 3.94. The Bertz CT molecular complexity index is 879. The second-order valence-electron chi connectivity index (χ2n) is 5.98. The zero-order valence-electron chi connectivity index (χ0n) is 15.7. The van der Waals surface area contributed by atoms with E-state index >= 15 is 0 Å². The lowest BCUT2D eigenvalue weighted by molar-refractivity contribution is 0.0922. The van der Waals surface area contributed by atoms with E-state index in [-0.39, 0.29) is 18.3 Å². The number of hydrogen-bond acceptors (Lipinski definition) is 5. The van der Waals surface area contributed by atoms with Gasteiger partial charge in [0.25, 0.3) is 5.91 Å². The number of furan rings is 1. The van der Waals surface area contributed by atoms with Gasteiger partial charge in [0.1, 0.15) is 12.4 Å². The number of ether oxygens (including phenoxy) is 2. The molecule has 0 aliphatic carbocycles. The second kappa shape index (κ2) is 10.5. The monoisotopic (exact) mass is 397 g/mol. The van der Waals surface area contributed by atoms with Crippen LogP contribution < -0.4 is 14.8 Å². The van der Waals surface area contributed by atoms with Gasteiger partial charge in [-0.2, -0.15) is 0 Å². The molecule has 1 N–H and O–H groups in total. The van der Waals surface area contributed by atoms with Gasteiger partial charge in [-0.05, 0) is 48.6 Å². The van der Waals surface area contributed by atoms with Crippen LogP contribution in [-0.4, -0.2) is 25.3 Å². The van der Waals surface area contributed by atoms with Crippen LogP contribution in [0.3, 0.4) is 0 Å². The SMILES string of the molecule is COc1ccccc1OCc1ccc(C(=O)NCCCSc2ccccc2)o1. The quantitative estimate of drug-likeness (QED) is 0.394. The van der Waals surface area contributed by atoms with Crippen molar-refractivity contribution in [1.29, 1.82) is 0 Å². The normalized spacial score (nSPS) is 10.5. The minimum atomic E-state index is -0.215. The van der Waals surface area contributed by atoms with Crippen molar-refractivity contribution in [2.75, 3.05) is 19.4 Å². The molecule has 2 aromatic carbocycles. The van der Waals surface area contributed by atoms with E-state index in [0.29, 0.717) is 23.8 Å². The van der Waals surface area contributed by atoms with Gasteiger partial charge >= 0.3 is 0 Å². The number of carbonyl (C=O) groups excluding carboxylic acids is 1. The van der Waals surface area contributed by atoms with E-state index < -0.39 is 0 Å². The first-order valence-corrected chi connectivity index (χ1v) is 10.1. The summed E-state index contributed by atoms with van der Waals surface area (Å²) in [4.78, 5) is 13.4. The molecular weight excluding hydrogens is 374 g/mol. The molecule has 1 aromatic heterocycles. The van der Waals surface area contributed by atoms with Crippen molar-refractivity contribution < 1.29 is 18.7 Å². The smallest absolute Gasteiger partial charge is 0.286 e. The number of amides is 1. The molecule has 5 nitrogen and oxygen atoms in total. The predicted molar refractivity (Wildman–Crippen MR) is 110 cm³/mol. The summed E-state index contributed by atoms with van der Waals surface area (Å²) in [7, 11) is 1.59. The summed E-state index contributed by atoms with van der Waals surface area (Å²) in [5, 5.41) is 2.88. The summed E-state index contributed by atoms with van der Waals surface area (Å²) in [5.74, 6) is 2.88. The Morgan fingerprint density at radius 1 is 1.00 bits per heavy atom. The van der Waals surface area contributed by atoms with E-state index in [1.165, 1.54) is 4.90 Å². The molecule has 0 atom stereocenters. The Balaban J connectivity index is 1.40. The molecule has 0 unspecified atom stereocenters. The first-order chi connectivity index (χ1) is 13.8. The van der Waals surface area contributed by atoms with Crippen LogP contribution in [0.25, 0.3) is 0 Å². The Morgan fingerprint density at radius 2 is 1.75 bits per heavy atom. The second-order valence-corrected chi connectivity index (χ2v) is 7.14. The van der Waals surface area contributed by atoms with Gasteiger partial charge in [-0.3, -0.25) is 4.79 Å². The lowest BCUT2D eigenvalue weighted by atomic mass is 10.3. The Hall–Kier alpha value is -2.86. The van der Waals surface area contributed by atoms with Crippen molar-refractivity contribution in [2.24, 2.45) is 0 Å². The number of rotatable bonds is 10. The fourth-order valence-electron chi connectivity index (χ4n) is 2.53. The summed E-state index contributed by atoms with van der Waals surface area (Å²) in [6.07, 6.45) is 0.885. The molecule has 3 rings (SSSR count). The van der Waals surface area contributed by atoms with Gasteiger partial charge in [-0.25, -0.2) is 0 Å². The molecule has 0 bridgehead atoms. The third kappa shape index (κ3) is 5.82. The van der Waals surface area contributed by atoms with Crippen LogP contribution in [0.1, 0.15) is 22.7 Å². The highest BCUT2D eigenvalue weighted by Gasteiger charge is 2.12. The number of thioether (sulfide) groups is 1. The lowest BCUT2D eigenvalue weighted by Crippen LogP contribution is -2.24. The van der Waals surface area contributed by atoms with Crippen LogP contribution in [0.5, 0.6) is 11.5 Å². The van der Waals surface area contributed by atoms with Crippen LogP contribution in [0.15, 0.2) is 76.0 Å². The average Bonchev–Trinajstić information content (AvgIpc) is 3.22. The van der Waals surface area contributed by atoms with E-state index in [9.17, 15) is 4.79 Å². The molecule has 0 aliphatic heterocycles. The fraction of sp³-hybridized carbons (Fsp3) is 0.227. The molecule has 0 saturated carbocycles. The minimum absolute atomic E-state index is 0.215. The van der Waals surface area contributed by atoms with Crippen molar-refractivity contribution in [3.63, 3.8) is 0 Å². The first-order valence-electron chi connectivity index (χ1n) is 9.07. The molecule has 6 heteroatoms. The predicted octanol–water partition coefficient (Wildman–Crippen LogP) is 4.78. The Morgan fingerprint density at radius 3 is 2.54 bits per heavy atom. The maximum absolute atomic E-state index is 12.2. The lowest BCUT2D eigenvalue weighted by Gasteiger charge is -2.08. The molecular formula is C22H23NO4S. The molecule has 3 aromatic rings. The highest BCUT2D eigenvalue weighted by atomic mass is 32.2. The summed E-state index contributed by atoms with van der Waals surface area (Å²) in [6, 6.07) is 21.0. The largest absolute Gasteiger partial charge is 0.493 e. The number of hydrogen-bond donors (Lipinski definition) is 1. The summed E-state index contributed by atoms with van der Waals surface area (Å²) in [6.45, 7) is 0.827. The van der Waals surface area contributed by atoms with Crippen molar-refractivity contribution in [1.82, 2.24) is 5.32 Å². The van der Waals surface area contributed by atoms with E-state index in [2.05, 4.69) is 17.4 Å². The van der Waals surface area contributed by atoms with Gasteiger partial charge in [0, 0.05) is 11.4 Å². The van der Waals surface area contributed by atoms with Crippen molar-refractivity contribution >= 4 is 17.7 Å². The molecule has 1 amide bonds. The molecule has 0 fully saturated rings. The number of para-hydroxylation sites is 2. The van der Waals surface area contributed by atoms with Crippen molar-refractivity contribution in [3.8, 4) is 11.5 Å². The maximum Gasteiger partial charge on any atom is 0.286 e. The fourth-order valence-corrected chi connectivity index (χ4v) is 3.41. The van der Waals surface area contributed by atoms with Gasteiger partial charge in [0.15, 0.2) is 17.3 Å². The first kappa shape index (κ1) is 19.9. The zero-order valence-corrected chi connectivity index (χ0v) is 16.5. The van der Waals surface area contributed by atoms with E-state index in [1.54, 1.807) is 31.0 Å². The van der Waals surface area contributed by atoms with Gasteiger partial charge < -0.3 is 19.2 Å². The topological polar surface area (TPSA) is 60.7 Å². The highest BCUT2D eigenvalue weighted by Crippen LogP contribution is 2.26. The van der Waals surface area contributed by atoms with Crippen LogP contribution >= 0.6 is 11.8 Å². The van der Waals surface area contributed by atoms with Crippen LogP contribution in [0.2, 0.25) is 0 Å². The van der Waals surface area contributed by atoms with Gasteiger partial charge in [0.05, 0.1) is 7.11 Å². The molecule has 146 valence electrons. The average molecular weight is 397 g/mol. The van der Waals surface area contributed by atoms with Gasteiger partial charge in [-0.15, -0.1) is 11.8 Å². The van der Waals surface area contributed by atoms with Crippen molar-refractivity contribution in [3.05, 3.63) is 78.3 Å². The molecule has 0 aliphatic rings. The summed E-state index contributed by atoms with van der Waals surface area (Å²) >= 11 is 1.78. The van der Waals surface area contributed by atoms with E-state index in [0.717, 1.165) is 12.2 Å². The van der Waals surface area contributed by atoms with Crippen molar-refractivity contribution in [2.45, 2.75) is 17.9 Å². The Kier molecular flexibility index (Phi) is 7.44. The van der Waals surface area contributed by atoms with Crippen LogP contribution in [0, 0.1) is 0 Å². The van der Waals surface area contributed by atoms with E-state index in [4.69, 9.17) is 13.9 Å². The molecule has 28 heavy (non-hydrogen) atoms. The van der Waals surface area contributed by atoms with Gasteiger partial charge in [-0.1, -0.05) is 30.3 Å². The highest BCUT2D eigenvalue weighted by molar-refractivity contribution is 7.99. The maximum atomic E-state index is 12.2. The number of nitrogens with one attached hydrogen (secondary N) is 1. The molecule has 0 radical (unpaired) electrons. The summed E-state index contributed by atoms with van der Waals surface area (Å²) < 4.78 is 16.5.